The Balaban J connectivity index is 1.84. The summed E-state index contributed by atoms with van der Waals surface area (Å²) in [6.45, 7) is 2.37. The molecule has 0 fully saturated rings. The summed E-state index contributed by atoms with van der Waals surface area (Å²) in [6.07, 6.45) is 1.50. The molecule has 7 nitrogen and oxygen atoms in total. The number of benzene rings is 2. The van der Waals surface area contributed by atoms with Gasteiger partial charge in [0.05, 0.1) is 13.7 Å². The van der Waals surface area contributed by atoms with Crippen LogP contribution in [0.15, 0.2) is 57.0 Å². The van der Waals surface area contributed by atoms with Gasteiger partial charge in [-0.25, -0.2) is 4.79 Å². The average molecular weight is 433 g/mol. The highest BCUT2D eigenvalue weighted by atomic mass is 35.5. The first-order chi connectivity index (χ1) is 14.0. The molecule has 0 aliphatic carbocycles. The molecule has 3 rings (SSSR count). The smallest absolute Gasteiger partial charge is 0.342 e. The van der Waals surface area contributed by atoms with Crippen molar-refractivity contribution in [3.05, 3.63) is 58.0 Å². The Morgan fingerprint density at radius 3 is 2.62 bits per heavy atom. The van der Waals surface area contributed by atoms with Crippen LogP contribution < -0.4 is 9.47 Å². The van der Waals surface area contributed by atoms with Crippen LogP contribution in [0.1, 0.15) is 12.5 Å². The number of aliphatic carboxylic acids is 1. The lowest BCUT2D eigenvalue weighted by atomic mass is 10.2. The number of carbonyl (C=O) groups is 1. The first kappa shape index (κ1) is 20.8. The van der Waals surface area contributed by atoms with Crippen LogP contribution in [0.5, 0.6) is 11.5 Å². The van der Waals surface area contributed by atoms with Gasteiger partial charge in [0.2, 0.25) is 5.89 Å². The van der Waals surface area contributed by atoms with Gasteiger partial charge in [0.25, 0.3) is 5.22 Å². The number of carboxylic acids is 1. The van der Waals surface area contributed by atoms with Gasteiger partial charge in [0.1, 0.15) is 4.91 Å². The van der Waals surface area contributed by atoms with Crippen LogP contribution >= 0.6 is 23.4 Å². The molecule has 0 radical (unpaired) electrons. The lowest BCUT2D eigenvalue weighted by Gasteiger charge is -2.09. The van der Waals surface area contributed by atoms with E-state index in [4.69, 9.17) is 25.5 Å². The number of thioether (sulfide) groups is 1. The quantitative estimate of drug-likeness (QED) is 0.392. The first-order valence-corrected chi connectivity index (χ1v) is 9.72. The summed E-state index contributed by atoms with van der Waals surface area (Å²) in [7, 11) is 1.52. The molecule has 2 aromatic carbocycles. The van der Waals surface area contributed by atoms with E-state index in [-0.39, 0.29) is 16.0 Å². The molecular weight excluding hydrogens is 416 g/mol. The molecule has 150 valence electrons. The molecule has 1 heterocycles. The fourth-order valence-electron chi connectivity index (χ4n) is 2.39. The molecule has 0 amide bonds. The standard InChI is InChI=1S/C20H17ClN2O5S/c1-3-27-15-9-4-12(10-16(15)26-2)11-17(19(24)25)29-20-23-22-18(28-20)13-5-7-14(21)8-6-13/h4-11H,3H2,1-2H3,(H,24,25)/b17-11-. The van der Waals surface area contributed by atoms with E-state index in [2.05, 4.69) is 10.2 Å². The Kier molecular flexibility index (Phi) is 6.79. The number of rotatable bonds is 8. The van der Waals surface area contributed by atoms with E-state index >= 15 is 0 Å². The number of halogens is 1. The van der Waals surface area contributed by atoms with Crippen molar-refractivity contribution in [3.63, 3.8) is 0 Å². The molecular formula is C20H17ClN2O5S. The van der Waals surface area contributed by atoms with Crippen LogP contribution in [-0.2, 0) is 4.79 Å². The van der Waals surface area contributed by atoms with Crippen LogP contribution in [0.4, 0.5) is 0 Å². The Morgan fingerprint density at radius 1 is 1.21 bits per heavy atom. The van der Waals surface area contributed by atoms with Crippen molar-refractivity contribution in [2.24, 2.45) is 0 Å². The second-order valence-corrected chi connectivity index (χ2v) is 7.07. The van der Waals surface area contributed by atoms with Crippen molar-refractivity contribution >= 4 is 35.4 Å². The van der Waals surface area contributed by atoms with Gasteiger partial charge >= 0.3 is 5.97 Å². The number of carboxylic acid groups (broad SMARTS) is 1. The summed E-state index contributed by atoms with van der Waals surface area (Å²) in [5.74, 6) is 0.255. The number of ether oxygens (including phenoxy) is 2. The molecule has 0 bridgehead atoms. The average Bonchev–Trinajstić information content (AvgIpc) is 3.17. The minimum absolute atomic E-state index is 0.0162. The maximum Gasteiger partial charge on any atom is 0.342 e. The molecule has 0 saturated heterocycles. The topological polar surface area (TPSA) is 94.7 Å². The molecule has 1 N–H and O–H groups in total. The Labute approximate surface area is 176 Å². The second-order valence-electron chi connectivity index (χ2n) is 5.64. The normalized spacial score (nSPS) is 11.3. The van der Waals surface area contributed by atoms with Crippen molar-refractivity contribution in [2.45, 2.75) is 12.1 Å². The van der Waals surface area contributed by atoms with E-state index in [0.717, 1.165) is 11.8 Å². The highest BCUT2D eigenvalue weighted by Gasteiger charge is 2.16. The Bertz CT molecular complexity index is 1030. The SMILES string of the molecule is CCOc1ccc(/C=C(\Sc2nnc(-c3ccc(Cl)cc3)o2)C(=O)O)cc1OC. The van der Waals surface area contributed by atoms with Crippen molar-refractivity contribution in [2.75, 3.05) is 13.7 Å². The van der Waals surface area contributed by atoms with Gasteiger partial charge in [0.15, 0.2) is 11.5 Å². The Morgan fingerprint density at radius 2 is 1.97 bits per heavy atom. The van der Waals surface area contributed by atoms with E-state index in [9.17, 15) is 9.90 Å². The molecule has 0 aliphatic rings. The number of hydrogen-bond donors (Lipinski definition) is 1. The number of nitrogens with zero attached hydrogens (tertiary/aromatic N) is 2. The van der Waals surface area contributed by atoms with E-state index in [1.54, 1.807) is 42.5 Å². The third kappa shape index (κ3) is 5.30. The molecule has 3 aromatic rings. The minimum Gasteiger partial charge on any atom is -0.493 e. The maximum absolute atomic E-state index is 11.7. The van der Waals surface area contributed by atoms with Crippen molar-refractivity contribution in [1.29, 1.82) is 0 Å². The highest BCUT2D eigenvalue weighted by Crippen LogP contribution is 2.33. The van der Waals surface area contributed by atoms with E-state index < -0.39 is 5.97 Å². The van der Waals surface area contributed by atoms with Gasteiger partial charge in [0, 0.05) is 10.6 Å². The zero-order valence-corrected chi connectivity index (χ0v) is 17.2. The summed E-state index contributed by atoms with van der Waals surface area (Å²) in [6, 6.07) is 12.1. The molecule has 0 unspecified atom stereocenters. The monoisotopic (exact) mass is 432 g/mol. The largest absolute Gasteiger partial charge is 0.493 e. The summed E-state index contributed by atoms with van der Waals surface area (Å²) in [5, 5.41) is 18.1. The molecule has 1 aromatic heterocycles. The summed E-state index contributed by atoms with van der Waals surface area (Å²) >= 11 is 6.74. The van der Waals surface area contributed by atoms with Crippen molar-refractivity contribution in [3.8, 4) is 23.0 Å². The molecule has 0 spiro atoms. The molecule has 0 atom stereocenters. The number of hydrogen-bond acceptors (Lipinski definition) is 7. The van der Waals surface area contributed by atoms with E-state index in [0.29, 0.717) is 34.3 Å². The zero-order valence-electron chi connectivity index (χ0n) is 15.6. The maximum atomic E-state index is 11.7. The molecule has 0 aliphatic heterocycles. The lowest BCUT2D eigenvalue weighted by molar-refractivity contribution is -0.131. The first-order valence-electron chi connectivity index (χ1n) is 8.53. The minimum atomic E-state index is -1.12. The van der Waals surface area contributed by atoms with Crippen LogP contribution in [0.25, 0.3) is 17.5 Å². The lowest BCUT2D eigenvalue weighted by Crippen LogP contribution is -1.98. The molecule has 9 heteroatoms. The van der Waals surface area contributed by atoms with Gasteiger partial charge in [-0.05, 0) is 66.7 Å². The molecule has 0 saturated carbocycles. The predicted molar refractivity (Wildman–Crippen MR) is 110 cm³/mol. The summed E-state index contributed by atoms with van der Waals surface area (Å²) < 4.78 is 16.3. The predicted octanol–water partition coefficient (Wildman–Crippen LogP) is 5.02. The van der Waals surface area contributed by atoms with Crippen LogP contribution in [0, 0.1) is 0 Å². The number of aromatic nitrogens is 2. The van der Waals surface area contributed by atoms with Crippen molar-refractivity contribution in [1.82, 2.24) is 10.2 Å². The zero-order chi connectivity index (χ0) is 20.8. The van der Waals surface area contributed by atoms with E-state index in [1.165, 1.54) is 13.2 Å². The number of methoxy groups -OCH3 is 1. The van der Waals surface area contributed by atoms with Gasteiger partial charge < -0.3 is 19.0 Å². The van der Waals surface area contributed by atoms with Crippen molar-refractivity contribution < 1.29 is 23.8 Å². The van der Waals surface area contributed by atoms with Gasteiger partial charge in [-0.2, -0.15) is 0 Å². The van der Waals surface area contributed by atoms with Crippen LogP contribution in [0.3, 0.4) is 0 Å². The summed E-state index contributed by atoms with van der Waals surface area (Å²) in [5.41, 5.74) is 1.32. The van der Waals surface area contributed by atoms with Gasteiger partial charge in [-0.15, -0.1) is 10.2 Å². The van der Waals surface area contributed by atoms with Crippen LogP contribution in [-0.4, -0.2) is 35.0 Å². The third-order valence-electron chi connectivity index (χ3n) is 3.69. The summed E-state index contributed by atoms with van der Waals surface area (Å²) in [4.78, 5) is 11.7. The molecule has 29 heavy (non-hydrogen) atoms. The fraction of sp³-hybridized carbons (Fsp3) is 0.150. The fourth-order valence-corrected chi connectivity index (χ4v) is 3.19. The van der Waals surface area contributed by atoms with Gasteiger partial charge in [-0.3, -0.25) is 0 Å². The Hall–Kier alpha value is -2.97. The third-order valence-corrected chi connectivity index (χ3v) is 4.79. The highest BCUT2D eigenvalue weighted by molar-refractivity contribution is 8.03. The van der Waals surface area contributed by atoms with Crippen LogP contribution in [0.2, 0.25) is 5.02 Å². The van der Waals surface area contributed by atoms with E-state index in [1.807, 2.05) is 6.92 Å². The van der Waals surface area contributed by atoms with Gasteiger partial charge in [-0.1, -0.05) is 17.7 Å². The second kappa shape index (κ2) is 9.49.